The van der Waals surface area contributed by atoms with E-state index < -0.39 is 10.2 Å². The van der Waals surface area contributed by atoms with Crippen LogP contribution in [0.4, 0.5) is 5.69 Å². The van der Waals surface area contributed by atoms with Crippen LogP contribution in [0.15, 0.2) is 50.7 Å². The van der Waals surface area contributed by atoms with Crippen molar-refractivity contribution in [2.75, 3.05) is 4.72 Å². The third-order valence-corrected chi connectivity index (χ3v) is 4.37. The molecule has 2 N–H and O–H groups in total. The molecule has 2 aliphatic heterocycles. The number of fused-ring (bicyclic) bond motifs is 1. The van der Waals surface area contributed by atoms with Crippen LogP contribution in [0.5, 0.6) is 0 Å². The summed E-state index contributed by atoms with van der Waals surface area (Å²) < 4.78 is 28.6. The molecule has 0 saturated heterocycles. The standard InChI is InChI=1S/C10H9BrN6O2S/c11-8-3-1-2-4-9(8)14-20(18,19)17-5-10-13-6-12-7-16(10)15-17/h1-7,14-15H. The summed E-state index contributed by atoms with van der Waals surface area (Å²) in [6.45, 7) is 0. The van der Waals surface area contributed by atoms with Crippen molar-refractivity contribution in [1.29, 1.82) is 0 Å². The third-order valence-electron chi connectivity index (χ3n) is 2.50. The summed E-state index contributed by atoms with van der Waals surface area (Å²) in [5.41, 5.74) is 3.06. The fourth-order valence-corrected chi connectivity index (χ4v) is 3.08. The largest absolute Gasteiger partial charge is 0.338 e. The smallest absolute Gasteiger partial charge is 0.264 e. The quantitative estimate of drug-likeness (QED) is 0.845. The average molecular weight is 357 g/mol. The lowest BCUT2D eigenvalue weighted by molar-refractivity contribution is 0.285. The van der Waals surface area contributed by atoms with Crippen LogP contribution in [0.1, 0.15) is 0 Å². The number of nitrogens with one attached hydrogen (secondary N) is 2. The molecule has 0 spiro atoms. The lowest BCUT2D eigenvalue weighted by Crippen LogP contribution is -2.45. The van der Waals surface area contributed by atoms with Crippen LogP contribution >= 0.6 is 15.9 Å². The number of aliphatic imine (C=N–C) groups is 2. The van der Waals surface area contributed by atoms with E-state index in [-0.39, 0.29) is 0 Å². The van der Waals surface area contributed by atoms with E-state index in [4.69, 9.17) is 0 Å². The van der Waals surface area contributed by atoms with E-state index in [2.05, 4.69) is 36.2 Å². The Morgan fingerprint density at radius 3 is 2.85 bits per heavy atom. The second-order valence-corrected chi connectivity index (χ2v) is 6.25. The minimum Gasteiger partial charge on any atom is -0.264 e. The van der Waals surface area contributed by atoms with Crippen molar-refractivity contribution < 1.29 is 8.42 Å². The molecule has 2 aliphatic rings. The minimum absolute atomic E-state index is 0.428. The third kappa shape index (κ3) is 2.40. The Morgan fingerprint density at radius 1 is 1.30 bits per heavy atom. The van der Waals surface area contributed by atoms with Crippen molar-refractivity contribution in [3.8, 4) is 0 Å². The van der Waals surface area contributed by atoms with Crippen molar-refractivity contribution in [2.45, 2.75) is 0 Å². The van der Waals surface area contributed by atoms with Crippen molar-refractivity contribution in [3.05, 3.63) is 40.8 Å². The van der Waals surface area contributed by atoms with Gasteiger partial charge in [-0.05, 0) is 28.1 Å². The molecule has 20 heavy (non-hydrogen) atoms. The van der Waals surface area contributed by atoms with Crippen LogP contribution in [-0.4, -0.2) is 30.5 Å². The predicted molar refractivity (Wildman–Crippen MR) is 78.6 cm³/mol. The van der Waals surface area contributed by atoms with Gasteiger partial charge in [-0.3, -0.25) is 4.72 Å². The van der Waals surface area contributed by atoms with Crippen molar-refractivity contribution >= 4 is 44.5 Å². The van der Waals surface area contributed by atoms with E-state index in [0.29, 0.717) is 16.0 Å². The number of hydrogen-bond acceptors (Lipinski definition) is 6. The Kier molecular flexibility index (Phi) is 3.20. The highest BCUT2D eigenvalue weighted by Crippen LogP contribution is 2.24. The lowest BCUT2D eigenvalue weighted by atomic mass is 10.3. The van der Waals surface area contributed by atoms with Crippen LogP contribution in [0.3, 0.4) is 0 Å². The highest BCUT2D eigenvalue weighted by molar-refractivity contribution is 9.10. The van der Waals surface area contributed by atoms with Gasteiger partial charge < -0.3 is 0 Å². The van der Waals surface area contributed by atoms with E-state index >= 15 is 0 Å². The lowest BCUT2D eigenvalue weighted by Gasteiger charge is -2.20. The number of anilines is 1. The fourth-order valence-electron chi connectivity index (χ4n) is 1.58. The maximum Gasteiger partial charge on any atom is 0.338 e. The van der Waals surface area contributed by atoms with Crippen LogP contribution in [0.2, 0.25) is 0 Å². The first kappa shape index (κ1) is 13.1. The molecular weight excluding hydrogens is 348 g/mol. The van der Waals surface area contributed by atoms with E-state index in [0.717, 1.165) is 4.41 Å². The monoisotopic (exact) mass is 356 g/mol. The summed E-state index contributed by atoms with van der Waals surface area (Å²) in [6, 6.07) is 6.92. The van der Waals surface area contributed by atoms with Gasteiger partial charge in [0.25, 0.3) is 0 Å². The molecule has 8 nitrogen and oxygen atoms in total. The molecule has 0 radical (unpaired) electrons. The Bertz CT molecular complexity index is 729. The van der Waals surface area contributed by atoms with E-state index in [1.807, 2.05) is 0 Å². The van der Waals surface area contributed by atoms with E-state index in [9.17, 15) is 8.42 Å². The number of halogens is 1. The molecule has 0 unspecified atom stereocenters. The average Bonchev–Trinajstić information content (AvgIpc) is 2.86. The second-order valence-electron chi connectivity index (χ2n) is 3.85. The second kappa shape index (κ2) is 4.89. The van der Waals surface area contributed by atoms with Gasteiger partial charge in [0, 0.05) is 4.47 Å². The summed E-state index contributed by atoms with van der Waals surface area (Å²) in [6.07, 6.45) is 4.11. The first-order valence-electron chi connectivity index (χ1n) is 5.46. The van der Waals surface area contributed by atoms with Gasteiger partial charge in [-0.1, -0.05) is 12.1 Å². The highest BCUT2D eigenvalue weighted by atomic mass is 79.9. The number of hydrogen-bond donors (Lipinski definition) is 2. The number of para-hydroxylation sites is 1. The van der Waals surface area contributed by atoms with Gasteiger partial charge in [0.2, 0.25) is 0 Å². The molecule has 1 aromatic rings. The van der Waals surface area contributed by atoms with Crippen LogP contribution in [-0.2, 0) is 10.2 Å². The zero-order valence-electron chi connectivity index (χ0n) is 9.93. The summed E-state index contributed by atoms with van der Waals surface area (Å²) in [4.78, 5) is 7.73. The van der Waals surface area contributed by atoms with Gasteiger partial charge in [0.15, 0.2) is 5.82 Å². The summed E-state index contributed by atoms with van der Waals surface area (Å²) in [5.74, 6) is 0.428. The Labute approximate surface area is 123 Å². The van der Waals surface area contributed by atoms with Crippen LogP contribution in [0, 0.1) is 0 Å². The molecule has 3 rings (SSSR count). The maximum absolute atomic E-state index is 12.3. The van der Waals surface area contributed by atoms with Gasteiger partial charge in [-0.25, -0.2) is 15.0 Å². The summed E-state index contributed by atoms with van der Waals surface area (Å²) >= 11 is 3.28. The Morgan fingerprint density at radius 2 is 2.10 bits per heavy atom. The van der Waals surface area contributed by atoms with Crippen molar-refractivity contribution in [2.24, 2.45) is 9.98 Å². The number of rotatable bonds is 3. The topological polar surface area (TPSA) is 89.4 Å². The molecule has 0 aromatic heterocycles. The van der Waals surface area contributed by atoms with Gasteiger partial charge >= 0.3 is 10.2 Å². The molecule has 0 saturated carbocycles. The normalized spacial score (nSPS) is 17.1. The van der Waals surface area contributed by atoms with E-state index in [1.54, 1.807) is 24.3 Å². The molecule has 2 heterocycles. The van der Waals surface area contributed by atoms with E-state index in [1.165, 1.54) is 23.9 Å². The summed E-state index contributed by atoms with van der Waals surface area (Å²) in [5, 5.41) is 1.39. The van der Waals surface area contributed by atoms with Gasteiger partial charge in [-0.2, -0.15) is 12.8 Å². The summed E-state index contributed by atoms with van der Waals surface area (Å²) in [7, 11) is -3.81. The SMILES string of the molecule is O=S(=O)(Nc1ccccc1Br)N1C=C2N=CN=CN2N1. The Balaban J connectivity index is 1.84. The van der Waals surface area contributed by atoms with Gasteiger partial charge in [-0.15, -0.1) is 5.53 Å². The molecule has 0 amide bonds. The molecule has 0 bridgehead atoms. The minimum atomic E-state index is -3.81. The number of hydrazine groups is 2. The van der Waals surface area contributed by atoms with Crippen molar-refractivity contribution in [1.82, 2.24) is 15.0 Å². The van der Waals surface area contributed by atoms with Crippen LogP contribution < -0.4 is 10.3 Å². The number of nitrogens with zero attached hydrogens (tertiary/aromatic N) is 4. The first-order chi connectivity index (χ1) is 9.56. The van der Waals surface area contributed by atoms with Gasteiger partial charge in [0.05, 0.1) is 11.9 Å². The molecule has 104 valence electrons. The molecule has 0 fully saturated rings. The zero-order chi connectivity index (χ0) is 14.2. The predicted octanol–water partition coefficient (Wildman–Crippen LogP) is 1.01. The highest BCUT2D eigenvalue weighted by Gasteiger charge is 2.29. The zero-order valence-corrected chi connectivity index (χ0v) is 12.3. The molecule has 1 aromatic carbocycles. The molecule has 0 atom stereocenters. The maximum atomic E-state index is 12.3. The van der Waals surface area contributed by atoms with Gasteiger partial charge in [0.1, 0.15) is 12.7 Å². The molecular formula is C10H9BrN6O2S. The van der Waals surface area contributed by atoms with Crippen molar-refractivity contribution in [3.63, 3.8) is 0 Å². The van der Waals surface area contributed by atoms with Crippen LogP contribution in [0.25, 0.3) is 0 Å². The molecule has 0 aliphatic carbocycles. The fraction of sp³-hybridized carbons (Fsp3) is 0. The molecule has 10 heteroatoms. The number of benzene rings is 1. The first-order valence-corrected chi connectivity index (χ1v) is 7.69. The Hall–Kier alpha value is -1.91.